The van der Waals surface area contributed by atoms with E-state index in [1.54, 1.807) is 12.1 Å². The van der Waals surface area contributed by atoms with E-state index in [1.807, 2.05) is 0 Å². The highest BCUT2D eigenvalue weighted by Gasteiger charge is 2.40. The van der Waals surface area contributed by atoms with Crippen molar-refractivity contribution in [2.75, 3.05) is 13.2 Å². The summed E-state index contributed by atoms with van der Waals surface area (Å²) in [6, 6.07) is 5.94. The Labute approximate surface area is 131 Å². The van der Waals surface area contributed by atoms with E-state index in [4.69, 9.17) is 4.74 Å². The molecule has 2 aromatic rings. The lowest BCUT2D eigenvalue weighted by Crippen LogP contribution is -2.33. The Morgan fingerprint density at radius 3 is 2.70 bits per heavy atom. The van der Waals surface area contributed by atoms with Gasteiger partial charge in [-0.1, -0.05) is 12.1 Å². The molecule has 0 N–H and O–H groups in total. The van der Waals surface area contributed by atoms with E-state index in [1.165, 1.54) is 30.7 Å². The number of fused-ring (bicyclic) bond motifs is 1. The maximum Gasteiger partial charge on any atom is 0.358 e. The van der Waals surface area contributed by atoms with Crippen LogP contribution in [0.3, 0.4) is 0 Å². The number of carbonyl (C=O) groups is 2. The van der Waals surface area contributed by atoms with Crippen LogP contribution in [0.25, 0.3) is 0 Å². The van der Waals surface area contributed by atoms with Crippen LogP contribution in [0.4, 0.5) is 0 Å². The van der Waals surface area contributed by atoms with E-state index >= 15 is 0 Å². The van der Waals surface area contributed by atoms with E-state index < -0.39 is 21.9 Å². The molecule has 0 fully saturated rings. The van der Waals surface area contributed by atoms with Crippen LogP contribution in [0.1, 0.15) is 20.8 Å². The van der Waals surface area contributed by atoms with E-state index in [2.05, 4.69) is 9.97 Å². The van der Waals surface area contributed by atoms with E-state index in [0.29, 0.717) is 4.31 Å². The molecule has 0 saturated heterocycles. The largest absolute Gasteiger partial charge is 0.459 e. The number of nitrogens with zero attached hydrogens (tertiary/aromatic N) is 3. The summed E-state index contributed by atoms with van der Waals surface area (Å²) in [7, 11) is -3.89. The van der Waals surface area contributed by atoms with Gasteiger partial charge in [-0.2, -0.15) is 0 Å². The first-order valence-electron chi connectivity index (χ1n) is 6.61. The van der Waals surface area contributed by atoms with Crippen molar-refractivity contribution in [1.29, 1.82) is 0 Å². The number of hydrogen-bond donors (Lipinski definition) is 0. The summed E-state index contributed by atoms with van der Waals surface area (Å²) >= 11 is 0. The van der Waals surface area contributed by atoms with Crippen molar-refractivity contribution < 1.29 is 22.7 Å². The second-order valence-electron chi connectivity index (χ2n) is 4.61. The fourth-order valence-corrected chi connectivity index (χ4v) is 3.70. The van der Waals surface area contributed by atoms with Crippen molar-refractivity contribution in [2.45, 2.75) is 4.90 Å². The lowest BCUT2D eigenvalue weighted by atomic mass is 10.2. The fourth-order valence-electron chi connectivity index (χ4n) is 2.15. The third-order valence-corrected chi connectivity index (χ3v) is 5.05. The Kier molecular flexibility index (Phi) is 3.78. The Morgan fingerprint density at radius 1 is 1.22 bits per heavy atom. The number of amides is 1. The predicted octanol–water partition coefficient (Wildman–Crippen LogP) is 0.478. The second-order valence-corrected chi connectivity index (χ2v) is 6.44. The lowest BCUT2D eigenvalue weighted by molar-refractivity contribution is 0.0470. The van der Waals surface area contributed by atoms with E-state index in [0.717, 1.165) is 0 Å². The minimum Gasteiger partial charge on any atom is -0.459 e. The summed E-state index contributed by atoms with van der Waals surface area (Å²) in [5.74, 6) is -1.36. The van der Waals surface area contributed by atoms with Crippen LogP contribution in [0.2, 0.25) is 0 Å². The van der Waals surface area contributed by atoms with Crippen molar-refractivity contribution >= 4 is 21.9 Å². The van der Waals surface area contributed by atoms with Crippen LogP contribution in [-0.2, 0) is 14.8 Å². The van der Waals surface area contributed by atoms with Gasteiger partial charge >= 0.3 is 5.97 Å². The van der Waals surface area contributed by atoms with Gasteiger partial charge in [0.2, 0.25) is 0 Å². The number of benzene rings is 1. The Bertz CT molecular complexity index is 867. The molecule has 1 aliphatic rings. The molecule has 23 heavy (non-hydrogen) atoms. The predicted molar refractivity (Wildman–Crippen MR) is 77.0 cm³/mol. The van der Waals surface area contributed by atoms with Gasteiger partial charge in [-0.3, -0.25) is 9.78 Å². The van der Waals surface area contributed by atoms with Gasteiger partial charge < -0.3 is 4.74 Å². The highest BCUT2D eigenvalue weighted by atomic mass is 32.2. The highest BCUT2D eigenvalue weighted by Crippen LogP contribution is 2.29. The van der Waals surface area contributed by atoms with Gasteiger partial charge in [0, 0.05) is 12.4 Å². The van der Waals surface area contributed by atoms with Crippen molar-refractivity contribution in [2.24, 2.45) is 0 Å². The number of hydrogen-bond acceptors (Lipinski definition) is 7. The maximum absolute atomic E-state index is 12.3. The molecular weight excluding hydrogens is 322 g/mol. The number of carbonyl (C=O) groups excluding carboxylic acids is 2. The Balaban J connectivity index is 1.68. The molecule has 0 radical (unpaired) electrons. The Morgan fingerprint density at radius 2 is 2.00 bits per heavy atom. The van der Waals surface area contributed by atoms with Crippen molar-refractivity contribution in [3.05, 3.63) is 54.1 Å². The molecule has 2 heterocycles. The number of sulfonamides is 1. The molecule has 1 aliphatic heterocycles. The number of esters is 1. The minimum atomic E-state index is -3.89. The van der Waals surface area contributed by atoms with Gasteiger partial charge in [0.15, 0.2) is 5.69 Å². The summed E-state index contributed by atoms with van der Waals surface area (Å²) in [6.07, 6.45) is 3.97. The van der Waals surface area contributed by atoms with E-state index in [-0.39, 0.29) is 29.3 Å². The molecule has 1 amide bonds. The summed E-state index contributed by atoms with van der Waals surface area (Å²) in [4.78, 5) is 31.3. The number of ether oxygens (including phenoxy) is 1. The average Bonchev–Trinajstić information content (AvgIpc) is 2.76. The molecule has 0 unspecified atom stereocenters. The lowest BCUT2D eigenvalue weighted by Gasteiger charge is -2.14. The smallest absolute Gasteiger partial charge is 0.358 e. The Hall–Kier alpha value is -2.81. The third-order valence-electron chi connectivity index (χ3n) is 3.21. The van der Waals surface area contributed by atoms with Crippen LogP contribution in [0.5, 0.6) is 0 Å². The monoisotopic (exact) mass is 333 g/mol. The molecule has 0 spiro atoms. The average molecular weight is 333 g/mol. The minimum absolute atomic E-state index is 0.00592. The van der Waals surface area contributed by atoms with Crippen LogP contribution in [-0.4, -0.2) is 47.7 Å². The summed E-state index contributed by atoms with van der Waals surface area (Å²) in [6.45, 7) is -0.532. The summed E-state index contributed by atoms with van der Waals surface area (Å²) in [5, 5.41) is 0. The molecule has 8 nitrogen and oxygen atoms in total. The van der Waals surface area contributed by atoms with Crippen molar-refractivity contribution in [3.8, 4) is 0 Å². The first kappa shape index (κ1) is 15.1. The van der Waals surface area contributed by atoms with Gasteiger partial charge in [-0.25, -0.2) is 22.5 Å². The second kappa shape index (κ2) is 5.76. The first-order valence-corrected chi connectivity index (χ1v) is 8.05. The van der Waals surface area contributed by atoms with Crippen LogP contribution in [0.15, 0.2) is 47.8 Å². The first-order chi connectivity index (χ1) is 11.0. The van der Waals surface area contributed by atoms with Gasteiger partial charge in [-0.05, 0) is 12.1 Å². The molecule has 118 valence electrons. The van der Waals surface area contributed by atoms with Crippen molar-refractivity contribution in [3.63, 3.8) is 0 Å². The molecule has 0 saturated carbocycles. The topological polar surface area (TPSA) is 107 Å². The SMILES string of the molecule is O=C(OCCN1C(=O)c2ccccc2S1(=O)=O)c1cnccn1. The number of rotatable bonds is 4. The van der Waals surface area contributed by atoms with Gasteiger partial charge in [0.25, 0.3) is 15.9 Å². The highest BCUT2D eigenvalue weighted by molar-refractivity contribution is 7.90. The zero-order valence-corrected chi connectivity index (χ0v) is 12.6. The molecule has 1 aromatic heterocycles. The summed E-state index contributed by atoms with van der Waals surface area (Å²) < 4.78 is 30.2. The van der Waals surface area contributed by atoms with Crippen LogP contribution in [0, 0.1) is 0 Å². The molecule has 1 aromatic carbocycles. The third kappa shape index (κ3) is 2.66. The van der Waals surface area contributed by atoms with E-state index in [9.17, 15) is 18.0 Å². The van der Waals surface area contributed by atoms with Gasteiger partial charge in [-0.15, -0.1) is 0 Å². The zero-order valence-electron chi connectivity index (χ0n) is 11.7. The van der Waals surface area contributed by atoms with Crippen LogP contribution >= 0.6 is 0 Å². The normalized spacial score (nSPS) is 15.3. The number of aromatic nitrogens is 2. The van der Waals surface area contributed by atoms with Gasteiger partial charge in [0.05, 0.1) is 18.3 Å². The molecule has 9 heteroatoms. The molecular formula is C14H11N3O5S. The maximum atomic E-state index is 12.3. The molecule has 0 bridgehead atoms. The van der Waals surface area contributed by atoms with Crippen molar-refractivity contribution in [1.82, 2.24) is 14.3 Å². The fraction of sp³-hybridized carbons (Fsp3) is 0.143. The zero-order chi connectivity index (χ0) is 16.4. The molecule has 0 aliphatic carbocycles. The summed E-state index contributed by atoms with van der Waals surface area (Å²) in [5.41, 5.74) is 0.124. The molecule has 0 atom stereocenters. The van der Waals surface area contributed by atoms with Gasteiger partial charge in [0.1, 0.15) is 11.5 Å². The standard InChI is InChI=1S/C14H11N3O5S/c18-13-10-3-1-2-4-12(10)23(20,21)17(13)7-8-22-14(19)11-9-15-5-6-16-11/h1-6,9H,7-8H2. The quantitative estimate of drug-likeness (QED) is 0.749. The molecule has 3 rings (SSSR count). The van der Waals surface area contributed by atoms with Crippen LogP contribution < -0.4 is 0 Å².